The molecule has 0 aliphatic carbocycles. The van der Waals surface area contributed by atoms with E-state index in [4.69, 9.17) is 0 Å². The minimum absolute atomic E-state index is 0.0402. The first kappa shape index (κ1) is 13.9. The number of hydrogen-bond acceptors (Lipinski definition) is 5. The molecule has 0 radical (unpaired) electrons. The molecule has 1 unspecified atom stereocenters. The van der Waals surface area contributed by atoms with Crippen molar-refractivity contribution >= 4 is 33.7 Å². The van der Waals surface area contributed by atoms with Gasteiger partial charge in [0.05, 0.1) is 23.4 Å². The number of amides is 1. The fourth-order valence-corrected chi connectivity index (χ4v) is 3.38. The number of piperidine rings is 1. The third-order valence-electron chi connectivity index (χ3n) is 4.49. The van der Waals surface area contributed by atoms with Crippen molar-refractivity contribution < 1.29 is 4.79 Å². The molecule has 7 nitrogen and oxygen atoms in total. The molecule has 118 valence electrons. The number of pyridine rings is 1. The molecule has 2 N–H and O–H groups in total. The minimum Gasteiger partial charge on any atom is -0.357 e. The molecular weight excluding hydrogens is 292 g/mol. The van der Waals surface area contributed by atoms with E-state index in [1.807, 2.05) is 6.07 Å². The summed E-state index contributed by atoms with van der Waals surface area (Å²) in [5.74, 6) is 0.867. The monoisotopic (exact) mass is 310 g/mol. The van der Waals surface area contributed by atoms with Crippen LogP contribution >= 0.6 is 0 Å². The smallest absolute Gasteiger partial charge is 0.242 e. The molecule has 0 spiro atoms. The number of carbonyl (C=O) groups is 1. The van der Waals surface area contributed by atoms with Crippen molar-refractivity contribution in [1.82, 2.24) is 25.3 Å². The Hall–Kier alpha value is -2.70. The Kier molecular flexibility index (Phi) is 3.33. The van der Waals surface area contributed by atoms with E-state index in [0.29, 0.717) is 5.65 Å². The first-order valence-corrected chi connectivity index (χ1v) is 7.84. The Morgan fingerprint density at radius 1 is 1.35 bits per heavy atom. The summed E-state index contributed by atoms with van der Waals surface area (Å²) < 4.78 is 0. The quantitative estimate of drug-likeness (QED) is 0.751. The standard InChI is InChI=1S/C16H18N6O/c1-17-16(23)12-4-2-3-7-22(12)15-13-10-5-6-18-14(10)19-8-11(13)20-9-21-15/h5-6,8-9,12H,2-4,7H2,1H3,(H,17,23)(H,20,21). The van der Waals surface area contributed by atoms with Gasteiger partial charge in [0, 0.05) is 25.2 Å². The second kappa shape index (κ2) is 5.49. The van der Waals surface area contributed by atoms with Gasteiger partial charge >= 0.3 is 0 Å². The maximum atomic E-state index is 12.3. The summed E-state index contributed by atoms with van der Waals surface area (Å²) in [6.07, 6.45) is 8.14. The summed E-state index contributed by atoms with van der Waals surface area (Å²) in [5, 5.41) is 4.71. The molecule has 0 bridgehead atoms. The van der Waals surface area contributed by atoms with E-state index >= 15 is 0 Å². The van der Waals surface area contributed by atoms with Crippen LogP contribution in [0.1, 0.15) is 19.3 Å². The summed E-state index contributed by atoms with van der Waals surface area (Å²) in [6, 6.07) is 1.76. The van der Waals surface area contributed by atoms with Gasteiger partial charge in [-0.3, -0.25) is 4.79 Å². The molecular formula is C16H18N6O. The van der Waals surface area contributed by atoms with Crippen LogP contribution < -0.4 is 10.2 Å². The lowest BCUT2D eigenvalue weighted by atomic mass is 10.0. The van der Waals surface area contributed by atoms with Gasteiger partial charge in [-0.1, -0.05) is 0 Å². The van der Waals surface area contributed by atoms with Crippen molar-refractivity contribution in [3.8, 4) is 0 Å². The molecule has 1 fully saturated rings. The molecule has 4 heterocycles. The number of aromatic nitrogens is 4. The van der Waals surface area contributed by atoms with Crippen LogP contribution in [0.3, 0.4) is 0 Å². The molecule has 1 saturated heterocycles. The van der Waals surface area contributed by atoms with Gasteiger partial charge in [0.25, 0.3) is 0 Å². The summed E-state index contributed by atoms with van der Waals surface area (Å²) in [4.78, 5) is 30.7. The van der Waals surface area contributed by atoms with E-state index < -0.39 is 0 Å². The lowest BCUT2D eigenvalue weighted by molar-refractivity contribution is -0.122. The average Bonchev–Trinajstić information content (AvgIpc) is 3.09. The van der Waals surface area contributed by atoms with Gasteiger partial charge in [-0.15, -0.1) is 0 Å². The van der Waals surface area contributed by atoms with Crippen molar-refractivity contribution in [2.75, 3.05) is 18.5 Å². The Balaban J connectivity index is 1.93. The zero-order valence-corrected chi connectivity index (χ0v) is 12.9. The van der Waals surface area contributed by atoms with Gasteiger partial charge in [0.2, 0.25) is 5.91 Å². The minimum atomic E-state index is -0.182. The fraction of sp³-hybridized carbons (Fsp3) is 0.375. The van der Waals surface area contributed by atoms with Crippen LogP contribution in [0.15, 0.2) is 24.8 Å². The van der Waals surface area contributed by atoms with Crippen molar-refractivity contribution in [3.05, 3.63) is 24.8 Å². The molecule has 3 aromatic rings. The topological polar surface area (TPSA) is 86.8 Å². The summed E-state index contributed by atoms with van der Waals surface area (Å²) in [6.45, 7) is 0.822. The zero-order chi connectivity index (χ0) is 15.8. The van der Waals surface area contributed by atoms with Crippen LogP contribution in [-0.4, -0.2) is 45.5 Å². The van der Waals surface area contributed by atoms with Gasteiger partial charge in [0.15, 0.2) is 5.65 Å². The van der Waals surface area contributed by atoms with E-state index in [9.17, 15) is 4.79 Å². The Bertz CT molecular complexity index is 873. The number of anilines is 1. The fourth-order valence-electron chi connectivity index (χ4n) is 3.38. The highest BCUT2D eigenvalue weighted by atomic mass is 16.2. The van der Waals surface area contributed by atoms with Crippen molar-refractivity contribution in [2.24, 2.45) is 0 Å². The largest absolute Gasteiger partial charge is 0.357 e. The van der Waals surface area contributed by atoms with E-state index in [1.54, 1.807) is 25.8 Å². The third kappa shape index (κ3) is 2.19. The van der Waals surface area contributed by atoms with Crippen LogP contribution in [0.5, 0.6) is 0 Å². The first-order chi connectivity index (χ1) is 11.3. The molecule has 1 aliphatic rings. The Labute approximate surface area is 133 Å². The third-order valence-corrected chi connectivity index (χ3v) is 4.49. The van der Waals surface area contributed by atoms with Crippen molar-refractivity contribution in [1.29, 1.82) is 0 Å². The SMILES string of the molecule is CNC(=O)C1CCCCN1c1nc[nH]c2cnc3nccc3c12. The molecule has 23 heavy (non-hydrogen) atoms. The van der Waals surface area contributed by atoms with Crippen LogP contribution in [0.2, 0.25) is 0 Å². The molecule has 3 aromatic heterocycles. The van der Waals surface area contributed by atoms with Gasteiger partial charge in [-0.2, -0.15) is 0 Å². The number of rotatable bonds is 2. The number of H-pyrrole nitrogens is 1. The lowest BCUT2D eigenvalue weighted by Crippen LogP contribution is -2.49. The summed E-state index contributed by atoms with van der Waals surface area (Å²) in [7, 11) is 1.68. The number of carbonyl (C=O) groups excluding carboxylic acids is 1. The van der Waals surface area contributed by atoms with E-state index in [1.165, 1.54) is 0 Å². The normalized spacial score (nSPS) is 18.5. The van der Waals surface area contributed by atoms with Gasteiger partial charge in [0.1, 0.15) is 11.9 Å². The Morgan fingerprint density at radius 2 is 2.26 bits per heavy atom. The highest BCUT2D eigenvalue weighted by molar-refractivity contribution is 6.09. The number of likely N-dealkylation sites (N-methyl/N-ethyl adjacent to an activating group) is 1. The second-order valence-corrected chi connectivity index (χ2v) is 5.77. The highest BCUT2D eigenvalue weighted by Gasteiger charge is 2.30. The number of nitrogens with zero attached hydrogens (tertiary/aromatic N) is 4. The lowest BCUT2D eigenvalue weighted by Gasteiger charge is -2.35. The van der Waals surface area contributed by atoms with Crippen LogP contribution in [0.25, 0.3) is 21.9 Å². The van der Waals surface area contributed by atoms with Crippen LogP contribution in [0.4, 0.5) is 5.82 Å². The molecule has 1 atom stereocenters. The molecule has 4 rings (SSSR count). The predicted octanol–water partition coefficient (Wildman–Crippen LogP) is 1.61. The van der Waals surface area contributed by atoms with E-state index in [0.717, 1.165) is 47.9 Å². The first-order valence-electron chi connectivity index (χ1n) is 7.84. The maximum absolute atomic E-state index is 12.3. The second-order valence-electron chi connectivity index (χ2n) is 5.77. The van der Waals surface area contributed by atoms with Crippen molar-refractivity contribution in [3.63, 3.8) is 0 Å². The van der Waals surface area contributed by atoms with E-state index in [-0.39, 0.29) is 11.9 Å². The number of nitrogens with one attached hydrogen (secondary N) is 2. The summed E-state index contributed by atoms with van der Waals surface area (Å²) in [5.41, 5.74) is 1.60. The average molecular weight is 310 g/mol. The number of fused-ring (bicyclic) bond motifs is 3. The molecule has 7 heteroatoms. The van der Waals surface area contributed by atoms with Crippen molar-refractivity contribution in [2.45, 2.75) is 25.3 Å². The Morgan fingerprint density at radius 3 is 3.13 bits per heavy atom. The van der Waals surface area contributed by atoms with Gasteiger partial charge < -0.3 is 15.2 Å². The molecule has 0 aromatic carbocycles. The maximum Gasteiger partial charge on any atom is 0.242 e. The zero-order valence-electron chi connectivity index (χ0n) is 12.9. The molecule has 1 aliphatic heterocycles. The van der Waals surface area contributed by atoms with Gasteiger partial charge in [-0.05, 0) is 25.3 Å². The highest BCUT2D eigenvalue weighted by Crippen LogP contribution is 2.32. The van der Waals surface area contributed by atoms with Gasteiger partial charge in [-0.25, -0.2) is 15.0 Å². The van der Waals surface area contributed by atoms with E-state index in [2.05, 4.69) is 30.2 Å². The summed E-state index contributed by atoms with van der Waals surface area (Å²) >= 11 is 0. The number of aromatic amines is 1. The molecule has 0 saturated carbocycles. The predicted molar refractivity (Wildman–Crippen MR) is 88.2 cm³/mol. The molecule has 1 amide bonds. The number of hydrogen-bond donors (Lipinski definition) is 2. The van der Waals surface area contributed by atoms with Crippen LogP contribution in [-0.2, 0) is 4.79 Å². The van der Waals surface area contributed by atoms with Crippen LogP contribution in [0, 0.1) is 0 Å².